The summed E-state index contributed by atoms with van der Waals surface area (Å²) in [6.07, 6.45) is 0. The van der Waals surface area contributed by atoms with Crippen molar-refractivity contribution >= 4 is 16.9 Å². The molecule has 156 valence electrons. The first-order valence-electron chi connectivity index (χ1n) is 9.66. The fourth-order valence-electron chi connectivity index (χ4n) is 3.16. The van der Waals surface area contributed by atoms with Crippen molar-refractivity contribution < 1.29 is 23.1 Å². The van der Waals surface area contributed by atoms with Crippen molar-refractivity contribution in [2.24, 2.45) is 0 Å². The van der Waals surface area contributed by atoms with E-state index in [9.17, 15) is 14.0 Å². The molecule has 6 heteroatoms. The molecular weight excluding hydrogens is 399 g/mol. The fraction of sp³-hybridized carbons (Fsp3) is 0.120. The molecule has 0 spiro atoms. The van der Waals surface area contributed by atoms with Crippen molar-refractivity contribution in [3.8, 4) is 5.75 Å². The van der Waals surface area contributed by atoms with E-state index in [0.717, 1.165) is 16.5 Å². The number of halogens is 1. The van der Waals surface area contributed by atoms with Gasteiger partial charge in [-0.05, 0) is 60.0 Å². The van der Waals surface area contributed by atoms with E-state index in [2.05, 4.69) is 0 Å². The van der Waals surface area contributed by atoms with Gasteiger partial charge >= 0.3 is 11.6 Å². The van der Waals surface area contributed by atoms with Gasteiger partial charge in [-0.25, -0.2) is 14.0 Å². The van der Waals surface area contributed by atoms with Crippen LogP contribution in [-0.2, 0) is 18.0 Å². The zero-order valence-corrected chi connectivity index (χ0v) is 16.8. The van der Waals surface area contributed by atoms with Gasteiger partial charge in [0.15, 0.2) is 0 Å². The highest BCUT2D eigenvalue weighted by molar-refractivity contribution is 5.89. The minimum absolute atomic E-state index is 0.000971. The maximum atomic E-state index is 13.2. The Bertz CT molecular complexity index is 1290. The third-order valence-corrected chi connectivity index (χ3v) is 4.78. The quantitative estimate of drug-likeness (QED) is 0.319. The molecule has 1 aromatic heterocycles. The molecule has 0 radical (unpaired) electrons. The van der Waals surface area contributed by atoms with Crippen LogP contribution in [0.4, 0.5) is 4.39 Å². The van der Waals surface area contributed by atoms with Gasteiger partial charge in [0.05, 0.1) is 5.56 Å². The summed E-state index contributed by atoms with van der Waals surface area (Å²) in [4.78, 5) is 23.8. The van der Waals surface area contributed by atoms with Gasteiger partial charge in [-0.3, -0.25) is 0 Å². The van der Waals surface area contributed by atoms with Crippen molar-refractivity contribution in [1.29, 1.82) is 0 Å². The minimum Gasteiger partial charge on any atom is -0.489 e. The molecular formula is C25H19FO5. The second kappa shape index (κ2) is 8.83. The first-order valence-corrected chi connectivity index (χ1v) is 9.66. The largest absolute Gasteiger partial charge is 0.489 e. The SMILES string of the molecule is Cc1cc(=O)oc2cc(OCc3ccc(C(=O)OCc4cccc(F)c4)cc3)ccc12. The zero-order chi connectivity index (χ0) is 21.8. The van der Waals surface area contributed by atoms with Crippen LogP contribution < -0.4 is 10.4 Å². The van der Waals surface area contributed by atoms with E-state index < -0.39 is 11.6 Å². The normalized spacial score (nSPS) is 10.8. The molecule has 4 rings (SSSR count). The number of carbonyl (C=O) groups is 1. The summed E-state index contributed by atoms with van der Waals surface area (Å²) in [7, 11) is 0. The Morgan fingerprint density at radius 1 is 0.935 bits per heavy atom. The van der Waals surface area contributed by atoms with Crippen LogP contribution in [0.2, 0.25) is 0 Å². The maximum absolute atomic E-state index is 13.2. The minimum atomic E-state index is -0.489. The van der Waals surface area contributed by atoms with E-state index in [-0.39, 0.29) is 19.0 Å². The third kappa shape index (κ3) is 4.98. The lowest BCUT2D eigenvalue weighted by Crippen LogP contribution is -2.06. The van der Waals surface area contributed by atoms with Gasteiger partial charge < -0.3 is 13.9 Å². The van der Waals surface area contributed by atoms with Gasteiger partial charge in [-0.15, -0.1) is 0 Å². The number of aryl methyl sites for hydroxylation is 1. The van der Waals surface area contributed by atoms with Crippen molar-refractivity contribution in [3.05, 3.63) is 111 Å². The average Bonchev–Trinajstić information content (AvgIpc) is 2.76. The summed E-state index contributed by atoms with van der Waals surface area (Å²) in [6.45, 7) is 2.13. The number of esters is 1. The van der Waals surface area contributed by atoms with Crippen LogP contribution in [0.5, 0.6) is 5.75 Å². The molecule has 0 saturated heterocycles. The Hall–Kier alpha value is -3.93. The molecule has 0 saturated carbocycles. The smallest absolute Gasteiger partial charge is 0.338 e. The highest BCUT2D eigenvalue weighted by Gasteiger charge is 2.09. The monoisotopic (exact) mass is 418 g/mol. The number of hydrogen-bond acceptors (Lipinski definition) is 5. The van der Waals surface area contributed by atoms with E-state index in [0.29, 0.717) is 22.5 Å². The first-order chi connectivity index (χ1) is 15.0. The van der Waals surface area contributed by atoms with Gasteiger partial charge in [0, 0.05) is 17.5 Å². The van der Waals surface area contributed by atoms with E-state index in [1.54, 1.807) is 42.5 Å². The second-order valence-electron chi connectivity index (χ2n) is 7.10. The van der Waals surface area contributed by atoms with E-state index in [1.807, 2.05) is 19.1 Å². The number of ether oxygens (including phenoxy) is 2. The highest BCUT2D eigenvalue weighted by Crippen LogP contribution is 2.23. The summed E-state index contributed by atoms with van der Waals surface area (Å²) >= 11 is 0. The fourth-order valence-corrected chi connectivity index (χ4v) is 3.16. The summed E-state index contributed by atoms with van der Waals surface area (Å²) in [6, 6.07) is 19.5. The van der Waals surface area contributed by atoms with Crippen LogP contribution in [-0.4, -0.2) is 5.97 Å². The van der Waals surface area contributed by atoms with Crippen LogP contribution in [0.25, 0.3) is 11.0 Å². The summed E-state index contributed by atoms with van der Waals surface area (Å²) < 4.78 is 29.4. The van der Waals surface area contributed by atoms with Crippen LogP contribution in [0, 0.1) is 12.7 Å². The predicted molar refractivity (Wildman–Crippen MR) is 114 cm³/mol. The van der Waals surface area contributed by atoms with Gasteiger partial charge in [-0.2, -0.15) is 0 Å². The first kappa shape index (κ1) is 20.3. The second-order valence-corrected chi connectivity index (χ2v) is 7.10. The summed E-state index contributed by atoms with van der Waals surface area (Å²) in [5.41, 5.74) is 2.74. The summed E-state index contributed by atoms with van der Waals surface area (Å²) in [5, 5.41) is 0.855. The predicted octanol–water partition coefficient (Wildman–Crippen LogP) is 5.18. The third-order valence-electron chi connectivity index (χ3n) is 4.78. The lowest BCUT2D eigenvalue weighted by molar-refractivity contribution is 0.0472. The van der Waals surface area contributed by atoms with E-state index in [4.69, 9.17) is 13.9 Å². The maximum Gasteiger partial charge on any atom is 0.338 e. The average molecular weight is 418 g/mol. The van der Waals surface area contributed by atoms with Crippen LogP contribution in [0.15, 0.2) is 82.0 Å². The number of carbonyl (C=O) groups excluding carboxylic acids is 1. The van der Waals surface area contributed by atoms with Crippen molar-refractivity contribution in [2.45, 2.75) is 20.1 Å². The molecule has 1 heterocycles. The van der Waals surface area contributed by atoms with Crippen molar-refractivity contribution in [3.63, 3.8) is 0 Å². The standard InChI is InChI=1S/C25H19FO5/c1-16-11-24(27)31-23-13-21(9-10-22(16)23)29-14-17-5-7-19(8-6-17)25(28)30-15-18-3-2-4-20(26)12-18/h2-13H,14-15H2,1H3. The number of fused-ring (bicyclic) bond motifs is 1. The number of benzene rings is 3. The zero-order valence-electron chi connectivity index (χ0n) is 16.8. The topological polar surface area (TPSA) is 65.7 Å². The van der Waals surface area contributed by atoms with Gasteiger partial charge in [0.25, 0.3) is 0 Å². The molecule has 0 N–H and O–H groups in total. The Kier molecular flexibility index (Phi) is 5.80. The van der Waals surface area contributed by atoms with Crippen LogP contribution in [0.1, 0.15) is 27.0 Å². The van der Waals surface area contributed by atoms with Crippen LogP contribution in [0.3, 0.4) is 0 Å². The van der Waals surface area contributed by atoms with E-state index >= 15 is 0 Å². The number of hydrogen-bond donors (Lipinski definition) is 0. The molecule has 4 aromatic rings. The Labute approximate surface area is 177 Å². The molecule has 0 fully saturated rings. The molecule has 0 unspecified atom stereocenters. The molecule has 0 amide bonds. The van der Waals surface area contributed by atoms with Crippen LogP contribution >= 0.6 is 0 Å². The van der Waals surface area contributed by atoms with Gasteiger partial charge in [-0.1, -0.05) is 24.3 Å². The van der Waals surface area contributed by atoms with E-state index in [1.165, 1.54) is 18.2 Å². The molecule has 0 aliphatic rings. The molecule has 0 aliphatic carbocycles. The molecule has 0 aliphatic heterocycles. The van der Waals surface area contributed by atoms with Crippen molar-refractivity contribution in [2.75, 3.05) is 0 Å². The van der Waals surface area contributed by atoms with Crippen molar-refractivity contribution in [1.82, 2.24) is 0 Å². The lowest BCUT2D eigenvalue weighted by Gasteiger charge is -2.09. The highest BCUT2D eigenvalue weighted by atomic mass is 19.1. The lowest BCUT2D eigenvalue weighted by atomic mass is 10.1. The molecule has 0 bridgehead atoms. The Balaban J connectivity index is 1.36. The number of rotatable bonds is 6. The van der Waals surface area contributed by atoms with Gasteiger partial charge in [0.1, 0.15) is 30.4 Å². The summed E-state index contributed by atoms with van der Waals surface area (Å²) in [5.74, 6) is -0.293. The molecule has 31 heavy (non-hydrogen) atoms. The molecule has 5 nitrogen and oxygen atoms in total. The Morgan fingerprint density at radius 2 is 1.74 bits per heavy atom. The van der Waals surface area contributed by atoms with Gasteiger partial charge in [0.2, 0.25) is 0 Å². The molecule has 0 atom stereocenters. The molecule has 3 aromatic carbocycles. The Morgan fingerprint density at radius 3 is 2.52 bits per heavy atom.